The van der Waals surface area contributed by atoms with E-state index in [2.05, 4.69) is 15.8 Å². The monoisotopic (exact) mass is 179 g/mol. The highest BCUT2D eigenvalue weighted by atomic mass is 16.5. The van der Waals surface area contributed by atoms with Gasteiger partial charge in [0.05, 0.1) is 0 Å². The molecule has 1 aromatic heterocycles. The number of nitrogens with two attached hydrogens (primary N) is 1. The van der Waals surface area contributed by atoms with Crippen LogP contribution in [0.2, 0.25) is 0 Å². The summed E-state index contributed by atoms with van der Waals surface area (Å²) < 4.78 is 6.10. The van der Waals surface area contributed by atoms with Gasteiger partial charge in [-0.3, -0.25) is 4.68 Å². The summed E-state index contributed by atoms with van der Waals surface area (Å²) >= 11 is 0. The van der Waals surface area contributed by atoms with Crippen molar-refractivity contribution in [1.29, 1.82) is 0 Å². The summed E-state index contributed by atoms with van der Waals surface area (Å²) in [4.78, 5) is 11.2. The maximum absolute atomic E-state index is 11.2. The van der Waals surface area contributed by atoms with Gasteiger partial charge in [-0.05, 0) is 0 Å². The molecule has 0 aliphatic carbocycles. The molecule has 5 nitrogen and oxygen atoms in total. The number of aromatic nitrogens is 2. The lowest BCUT2D eigenvalue weighted by molar-refractivity contribution is 0.0558. The van der Waals surface area contributed by atoms with Crippen LogP contribution in [0.15, 0.2) is 6.20 Å². The molecule has 1 rings (SSSR count). The number of hydrogen-bond donors (Lipinski definition) is 1. The summed E-state index contributed by atoms with van der Waals surface area (Å²) in [6.07, 6.45) is 6.40. The van der Waals surface area contributed by atoms with Gasteiger partial charge in [0.2, 0.25) is 0 Å². The lowest BCUT2D eigenvalue weighted by Gasteiger charge is -1.97. The summed E-state index contributed by atoms with van der Waals surface area (Å²) in [5, 5.41) is 3.78. The molecule has 68 valence electrons. The van der Waals surface area contributed by atoms with E-state index in [0.29, 0.717) is 0 Å². The van der Waals surface area contributed by atoms with Crippen LogP contribution in [0.5, 0.6) is 0 Å². The quantitative estimate of drug-likeness (QED) is 0.504. The maximum Gasteiger partial charge on any atom is 0.344 e. The summed E-state index contributed by atoms with van der Waals surface area (Å²) in [6, 6.07) is 0. The van der Waals surface area contributed by atoms with E-state index < -0.39 is 5.97 Å². The normalized spacial score (nSPS) is 9.23. The number of terminal acetylenes is 1. The van der Waals surface area contributed by atoms with Crippen molar-refractivity contribution in [3.05, 3.63) is 11.8 Å². The molecule has 0 unspecified atom stereocenters. The predicted molar refractivity (Wildman–Crippen MR) is 46.7 cm³/mol. The van der Waals surface area contributed by atoms with Gasteiger partial charge >= 0.3 is 5.97 Å². The molecule has 0 aliphatic rings. The Morgan fingerprint density at radius 3 is 3.08 bits per heavy atom. The van der Waals surface area contributed by atoms with Gasteiger partial charge in [0.1, 0.15) is 5.56 Å². The van der Waals surface area contributed by atoms with Gasteiger partial charge in [0.25, 0.3) is 0 Å². The van der Waals surface area contributed by atoms with E-state index in [0.717, 1.165) is 0 Å². The van der Waals surface area contributed by atoms with Crippen LogP contribution in [0.1, 0.15) is 10.4 Å². The number of carbonyl (C=O) groups excluding carboxylic acids is 1. The molecule has 0 radical (unpaired) electrons. The molecule has 0 atom stereocenters. The third-order valence-electron chi connectivity index (χ3n) is 1.36. The molecule has 0 amide bonds. The molecule has 0 fully saturated rings. The Hall–Kier alpha value is -1.96. The molecule has 2 N–H and O–H groups in total. The fraction of sp³-hybridized carbons (Fsp3) is 0.250. The van der Waals surface area contributed by atoms with Crippen molar-refractivity contribution in [3.8, 4) is 12.3 Å². The second-order valence-electron chi connectivity index (χ2n) is 2.38. The second-order valence-corrected chi connectivity index (χ2v) is 2.38. The molecule has 0 spiro atoms. The molecule has 0 aliphatic heterocycles. The maximum atomic E-state index is 11.2. The Labute approximate surface area is 75.5 Å². The Morgan fingerprint density at radius 1 is 1.92 bits per heavy atom. The van der Waals surface area contributed by atoms with Crippen molar-refractivity contribution in [2.75, 3.05) is 12.3 Å². The van der Waals surface area contributed by atoms with Gasteiger partial charge in [-0.25, -0.2) is 4.79 Å². The summed E-state index contributed by atoms with van der Waals surface area (Å²) in [5.74, 6) is 1.77. The minimum atomic E-state index is -0.552. The standard InChI is InChI=1S/C8H9N3O2/c1-3-4-13-8(12)6-5-11(2)10-7(6)9/h1,5H,4H2,2H3,(H2,9,10). The molecular formula is C8H9N3O2. The average Bonchev–Trinajstić information content (AvgIpc) is 2.41. The van der Waals surface area contributed by atoms with Gasteiger partial charge in [0.15, 0.2) is 12.4 Å². The number of rotatable bonds is 2. The van der Waals surface area contributed by atoms with Crippen molar-refractivity contribution in [2.24, 2.45) is 7.05 Å². The number of ether oxygens (including phenoxy) is 1. The third kappa shape index (κ3) is 1.99. The Bertz CT molecular complexity index is 362. The topological polar surface area (TPSA) is 70.1 Å². The second kappa shape index (κ2) is 3.63. The van der Waals surface area contributed by atoms with Crippen LogP contribution in [0, 0.1) is 12.3 Å². The number of nitrogens with zero attached hydrogens (tertiary/aromatic N) is 2. The van der Waals surface area contributed by atoms with E-state index in [9.17, 15) is 4.79 Å². The van der Waals surface area contributed by atoms with E-state index in [1.54, 1.807) is 7.05 Å². The zero-order valence-electron chi connectivity index (χ0n) is 7.15. The number of carbonyl (C=O) groups is 1. The first-order valence-corrected chi connectivity index (χ1v) is 3.55. The van der Waals surface area contributed by atoms with E-state index >= 15 is 0 Å². The largest absolute Gasteiger partial charge is 0.449 e. The van der Waals surface area contributed by atoms with Crippen LogP contribution < -0.4 is 5.73 Å². The molecular weight excluding hydrogens is 170 g/mol. The molecule has 0 bridgehead atoms. The van der Waals surface area contributed by atoms with Gasteiger partial charge in [0, 0.05) is 13.2 Å². The van der Waals surface area contributed by atoms with Crippen molar-refractivity contribution in [1.82, 2.24) is 9.78 Å². The van der Waals surface area contributed by atoms with Crippen LogP contribution in [-0.4, -0.2) is 22.4 Å². The summed E-state index contributed by atoms with van der Waals surface area (Å²) in [5.41, 5.74) is 5.66. The minimum absolute atomic E-state index is 0.0623. The lowest BCUT2D eigenvalue weighted by atomic mass is 10.3. The summed E-state index contributed by atoms with van der Waals surface area (Å²) in [7, 11) is 1.66. The van der Waals surface area contributed by atoms with Crippen LogP contribution in [0.25, 0.3) is 0 Å². The van der Waals surface area contributed by atoms with Gasteiger partial charge in [-0.15, -0.1) is 6.42 Å². The summed E-state index contributed by atoms with van der Waals surface area (Å²) in [6.45, 7) is -0.0623. The number of anilines is 1. The van der Waals surface area contributed by atoms with Crippen molar-refractivity contribution in [2.45, 2.75) is 0 Å². The van der Waals surface area contributed by atoms with Gasteiger partial charge in [-0.1, -0.05) is 5.92 Å². The van der Waals surface area contributed by atoms with Crippen LogP contribution in [0.3, 0.4) is 0 Å². The Morgan fingerprint density at radius 2 is 2.62 bits per heavy atom. The first-order valence-electron chi connectivity index (χ1n) is 3.55. The first-order chi connectivity index (χ1) is 6.15. The average molecular weight is 179 g/mol. The van der Waals surface area contributed by atoms with Crippen molar-refractivity contribution < 1.29 is 9.53 Å². The highest BCUT2D eigenvalue weighted by molar-refractivity contribution is 5.93. The first kappa shape index (κ1) is 9.13. The minimum Gasteiger partial charge on any atom is -0.449 e. The van der Waals surface area contributed by atoms with Crippen molar-refractivity contribution in [3.63, 3.8) is 0 Å². The molecule has 5 heteroatoms. The van der Waals surface area contributed by atoms with Crippen LogP contribution >= 0.6 is 0 Å². The Balaban J connectivity index is 2.78. The third-order valence-corrected chi connectivity index (χ3v) is 1.36. The molecule has 13 heavy (non-hydrogen) atoms. The van der Waals surface area contributed by atoms with E-state index in [1.807, 2.05) is 0 Å². The van der Waals surface area contributed by atoms with Crippen molar-refractivity contribution >= 4 is 11.8 Å². The predicted octanol–water partition coefficient (Wildman–Crippen LogP) is -0.208. The van der Waals surface area contributed by atoms with Gasteiger partial charge in [-0.2, -0.15) is 5.10 Å². The van der Waals surface area contributed by atoms with Crippen LogP contribution in [0.4, 0.5) is 5.82 Å². The molecule has 1 aromatic rings. The fourth-order valence-corrected chi connectivity index (χ4v) is 0.848. The number of nitrogen functional groups attached to an aromatic ring is 1. The zero-order valence-corrected chi connectivity index (χ0v) is 7.15. The van der Waals surface area contributed by atoms with E-state index in [4.69, 9.17) is 12.2 Å². The highest BCUT2D eigenvalue weighted by Gasteiger charge is 2.13. The number of esters is 1. The molecule has 0 aromatic carbocycles. The smallest absolute Gasteiger partial charge is 0.344 e. The number of hydrogen-bond acceptors (Lipinski definition) is 4. The molecule has 0 saturated carbocycles. The van der Waals surface area contributed by atoms with Gasteiger partial charge < -0.3 is 10.5 Å². The van der Waals surface area contributed by atoms with Crippen LogP contribution in [-0.2, 0) is 11.8 Å². The van der Waals surface area contributed by atoms with E-state index in [1.165, 1.54) is 10.9 Å². The number of aryl methyl sites for hydroxylation is 1. The molecule has 1 heterocycles. The highest BCUT2D eigenvalue weighted by Crippen LogP contribution is 2.08. The SMILES string of the molecule is C#CCOC(=O)c1cn(C)nc1N. The lowest BCUT2D eigenvalue weighted by Crippen LogP contribution is -2.06. The Kier molecular flexibility index (Phi) is 2.55. The molecule has 0 saturated heterocycles. The zero-order chi connectivity index (χ0) is 9.84. The van der Waals surface area contributed by atoms with E-state index in [-0.39, 0.29) is 18.0 Å². The fourth-order valence-electron chi connectivity index (χ4n) is 0.848.